The molecule has 0 aliphatic heterocycles. The smallest absolute Gasteiger partial charge is 0.297 e. The Labute approximate surface area is 105 Å². The van der Waals surface area contributed by atoms with Crippen LogP contribution in [0.4, 0.5) is 0 Å². The van der Waals surface area contributed by atoms with Crippen LogP contribution in [0.15, 0.2) is 18.6 Å². The average Bonchev–Trinajstić information content (AvgIpc) is 2.64. The van der Waals surface area contributed by atoms with E-state index in [1.54, 1.807) is 16.8 Å². The zero-order valence-corrected chi connectivity index (χ0v) is 10.9. The molecule has 96 valence electrons. The summed E-state index contributed by atoms with van der Waals surface area (Å²) in [6.45, 7) is 7.41. The van der Waals surface area contributed by atoms with Crippen LogP contribution in [0.2, 0.25) is 0 Å². The summed E-state index contributed by atoms with van der Waals surface area (Å²) in [6.07, 6.45) is 5.13. The highest BCUT2D eigenvalue weighted by atomic mass is 16.7. The minimum absolute atomic E-state index is 0.245. The van der Waals surface area contributed by atoms with E-state index in [0.29, 0.717) is 5.65 Å². The molecule has 0 radical (unpaired) electrons. The van der Waals surface area contributed by atoms with Gasteiger partial charge in [0.1, 0.15) is 0 Å². The lowest BCUT2D eigenvalue weighted by molar-refractivity contribution is -0.0591. The van der Waals surface area contributed by atoms with Crippen LogP contribution in [-0.4, -0.2) is 25.9 Å². The van der Waals surface area contributed by atoms with Gasteiger partial charge in [-0.05, 0) is 27.7 Å². The lowest BCUT2D eigenvalue weighted by atomic mass is 10.2. The molecule has 0 spiro atoms. The zero-order chi connectivity index (χ0) is 13.3. The number of hydroxylamine groups is 1. The van der Waals surface area contributed by atoms with E-state index in [1.807, 2.05) is 33.9 Å². The molecule has 1 amide bonds. The Morgan fingerprint density at radius 1 is 1.44 bits per heavy atom. The fourth-order valence-electron chi connectivity index (χ4n) is 1.45. The van der Waals surface area contributed by atoms with Gasteiger partial charge in [0.05, 0.1) is 11.3 Å². The number of aromatic nitrogens is 3. The quantitative estimate of drug-likeness (QED) is 0.818. The van der Waals surface area contributed by atoms with Gasteiger partial charge < -0.3 is 4.40 Å². The monoisotopic (exact) mass is 248 g/mol. The number of nitrogens with one attached hydrogen (secondary N) is 1. The summed E-state index contributed by atoms with van der Waals surface area (Å²) in [4.78, 5) is 25.5. The van der Waals surface area contributed by atoms with Crippen LogP contribution in [0.5, 0.6) is 0 Å². The first kappa shape index (κ1) is 12.5. The number of carbonyl (C=O) groups excluding carboxylic acids is 1. The maximum atomic E-state index is 12.0. The van der Waals surface area contributed by atoms with E-state index in [9.17, 15) is 4.79 Å². The molecule has 6 heteroatoms. The minimum atomic E-state index is -0.452. The van der Waals surface area contributed by atoms with Crippen LogP contribution in [0.1, 0.15) is 37.0 Å². The molecule has 0 aliphatic carbocycles. The summed E-state index contributed by atoms with van der Waals surface area (Å²) in [5.74, 6) is -0.402. The average molecular weight is 248 g/mol. The van der Waals surface area contributed by atoms with E-state index in [1.165, 1.54) is 0 Å². The molecule has 6 nitrogen and oxygen atoms in total. The van der Waals surface area contributed by atoms with Gasteiger partial charge in [-0.2, -0.15) is 0 Å². The number of rotatable bonds is 2. The van der Waals surface area contributed by atoms with Crippen molar-refractivity contribution in [1.29, 1.82) is 0 Å². The Hall–Kier alpha value is -1.95. The number of imidazole rings is 1. The van der Waals surface area contributed by atoms with Gasteiger partial charge in [-0.15, -0.1) is 0 Å². The molecule has 2 aromatic rings. The van der Waals surface area contributed by atoms with E-state index in [4.69, 9.17) is 4.84 Å². The molecule has 0 fully saturated rings. The molecular formula is C12H16N4O2. The summed E-state index contributed by atoms with van der Waals surface area (Å²) in [7, 11) is 0. The van der Waals surface area contributed by atoms with Crippen molar-refractivity contribution in [3.63, 3.8) is 0 Å². The fourth-order valence-corrected chi connectivity index (χ4v) is 1.45. The second-order valence-corrected chi connectivity index (χ2v) is 5.03. The van der Waals surface area contributed by atoms with E-state index in [-0.39, 0.29) is 5.69 Å². The van der Waals surface area contributed by atoms with E-state index in [0.717, 1.165) is 5.69 Å². The van der Waals surface area contributed by atoms with Crippen LogP contribution in [-0.2, 0) is 4.84 Å². The number of hydrogen-bond acceptors (Lipinski definition) is 4. The number of nitrogens with zero attached hydrogens (tertiary/aromatic N) is 3. The number of hydrogen-bond donors (Lipinski definition) is 1. The van der Waals surface area contributed by atoms with Gasteiger partial charge in [0, 0.05) is 18.6 Å². The molecule has 0 atom stereocenters. The first-order chi connectivity index (χ1) is 8.37. The van der Waals surface area contributed by atoms with Crippen molar-refractivity contribution in [2.24, 2.45) is 0 Å². The van der Waals surface area contributed by atoms with Crippen molar-refractivity contribution in [3.8, 4) is 0 Å². The molecule has 0 bridgehead atoms. The molecular weight excluding hydrogens is 232 g/mol. The first-order valence-corrected chi connectivity index (χ1v) is 5.65. The second kappa shape index (κ2) is 4.38. The third kappa shape index (κ3) is 2.65. The van der Waals surface area contributed by atoms with Crippen molar-refractivity contribution in [2.75, 3.05) is 0 Å². The minimum Gasteiger partial charge on any atom is -0.303 e. The highest BCUT2D eigenvalue weighted by molar-refractivity contribution is 5.97. The number of aryl methyl sites for hydroxylation is 1. The normalized spacial score (nSPS) is 11.8. The predicted molar refractivity (Wildman–Crippen MR) is 66.0 cm³/mol. The molecule has 0 saturated heterocycles. The summed E-state index contributed by atoms with van der Waals surface area (Å²) in [5, 5.41) is 0. The lowest BCUT2D eigenvalue weighted by Crippen LogP contribution is -2.34. The van der Waals surface area contributed by atoms with Gasteiger partial charge in [0.25, 0.3) is 5.91 Å². The van der Waals surface area contributed by atoms with Crippen molar-refractivity contribution >= 4 is 11.6 Å². The van der Waals surface area contributed by atoms with Gasteiger partial charge in [-0.1, -0.05) is 0 Å². The van der Waals surface area contributed by atoms with Gasteiger partial charge in [-0.3, -0.25) is 9.63 Å². The second-order valence-electron chi connectivity index (χ2n) is 5.03. The number of amides is 1. The molecule has 0 aromatic carbocycles. The number of carbonyl (C=O) groups is 1. The molecule has 1 N–H and O–H groups in total. The first-order valence-electron chi connectivity index (χ1n) is 5.65. The van der Waals surface area contributed by atoms with Crippen LogP contribution < -0.4 is 5.48 Å². The summed E-state index contributed by atoms with van der Waals surface area (Å²) in [5.41, 5.74) is 3.52. The summed E-state index contributed by atoms with van der Waals surface area (Å²) < 4.78 is 1.76. The summed E-state index contributed by atoms with van der Waals surface area (Å²) in [6, 6.07) is 0. The van der Waals surface area contributed by atoms with Crippen LogP contribution >= 0.6 is 0 Å². The Balaban J connectivity index is 2.27. The Kier molecular flexibility index (Phi) is 3.04. The predicted octanol–water partition coefficient (Wildman–Crippen LogP) is 1.50. The molecule has 18 heavy (non-hydrogen) atoms. The van der Waals surface area contributed by atoms with E-state index < -0.39 is 11.5 Å². The largest absolute Gasteiger partial charge is 0.303 e. The van der Waals surface area contributed by atoms with Crippen molar-refractivity contribution in [1.82, 2.24) is 19.8 Å². The maximum absolute atomic E-state index is 12.0. The van der Waals surface area contributed by atoms with Crippen LogP contribution in [0.3, 0.4) is 0 Å². The van der Waals surface area contributed by atoms with E-state index >= 15 is 0 Å². The Bertz CT molecular complexity index is 583. The van der Waals surface area contributed by atoms with Gasteiger partial charge in [0.15, 0.2) is 11.3 Å². The molecule has 0 unspecified atom stereocenters. The third-order valence-corrected chi connectivity index (χ3v) is 2.16. The topological polar surface area (TPSA) is 68.5 Å². The lowest BCUT2D eigenvalue weighted by Gasteiger charge is -2.18. The van der Waals surface area contributed by atoms with Crippen LogP contribution in [0.25, 0.3) is 5.65 Å². The van der Waals surface area contributed by atoms with Crippen molar-refractivity contribution in [3.05, 3.63) is 30.0 Å². The van der Waals surface area contributed by atoms with Gasteiger partial charge in [0.2, 0.25) is 0 Å². The number of fused-ring (bicyclic) bond motifs is 1. The molecule has 0 saturated carbocycles. The van der Waals surface area contributed by atoms with Crippen molar-refractivity contribution in [2.45, 2.75) is 33.3 Å². The Morgan fingerprint density at radius 3 is 2.83 bits per heavy atom. The van der Waals surface area contributed by atoms with Gasteiger partial charge >= 0.3 is 0 Å². The molecule has 2 aromatic heterocycles. The maximum Gasteiger partial charge on any atom is 0.297 e. The highest BCUT2D eigenvalue weighted by Crippen LogP contribution is 2.09. The zero-order valence-electron chi connectivity index (χ0n) is 10.9. The fraction of sp³-hybridized carbons (Fsp3) is 0.417. The SMILES string of the molecule is Cc1cn2ccnc(C(=O)NOC(C)(C)C)c2n1. The van der Waals surface area contributed by atoms with Gasteiger partial charge in [-0.25, -0.2) is 15.4 Å². The molecule has 2 rings (SSSR count). The van der Waals surface area contributed by atoms with E-state index in [2.05, 4.69) is 15.4 Å². The third-order valence-electron chi connectivity index (χ3n) is 2.16. The Morgan fingerprint density at radius 2 is 2.17 bits per heavy atom. The van der Waals surface area contributed by atoms with Crippen LogP contribution in [0, 0.1) is 6.92 Å². The highest BCUT2D eigenvalue weighted by Gasteiger charge is 2.17. The molecule has 2 heterocycles. The van der Waals surface area contributed by atoms with Crippen molar-refractivity contribution < 1.29 is 9.63 Å². The molecule has 0 aliphatic rings. The standard InChI is InChI=1S/C12H16N4O2/c1-8-7-16-6-5-13-9(10(16)14-8)11(17)15-18-12(2,3)4/h5-7H,1-4H3,(H,15,17). The summed E-state index contributed by atoms with van der Waals surface area (Å²) >= 11 is 0.